The van der Waals surface area contributed by atoms with Gasteiger partial charge < -0.3 is 10.0 Å². The lowest BCUT2D eigenvalue weighted by Gasteiger charge is -2.50. The minimum atomic E-state index is -0.851. The van der Waals surface area contributed by atoms with Gasteiger partial charge in [-0.2, -0.15) is 0 Å². The summed E-state index contributed by atoms with van der Waals surface area (Å²) >= 11 is 0. The topological polar surface area (TPSA) is 40.5 Å². The Balaban J connectivity index is 1.51. The Bertz CT molecular complexity index is 1080. The van der Waals surface area contributed by atoms with E-state index < -0.39 is 5.60 Å². The van der Waals surface area contributed by atoms with Crippen LogP contribution in [-0.2, 0) is 4.79 Å². The van der Waals surface area contributed by atoms with Crippen molar-refractivity contribution in [3.05, 3.63) is 52.6 Å². The van der Waals surface area contributed by atoms with Gasteiger partial charge in [-0.05, 0) is 98.6 Å². The van der Waals surface area contributed by atoms with Gasteiger partial charge in [-0.3, -0.25) is 4.79 Å². The zero-order valence-corrected chi connectivity index (χ0v) is 19.9. The third-order valence-electron chi connectivity index (χ3n) is 9.12. The number of ketones is 1. The summed E-state index contributed by atoms with van der Waals surface area (Å²) in [6.07, 6.45) is 8.73. The fraction of sp³-hybridized carbons (Fsp3) is 0.552. The highest BCUT2D eigenvalue weighted by Crippen LogP contribution is 2.63. The summed E-state index contributed by atoms with van der Waals surface area (Å²) < 4.78 is 0. The van der Waals surface area contributed by atoms with Crippen LogP contribution < -0.4 is 4.90 Å². The molecule has 1 aromatic rings. The van der Waals surface area contributed by atoms with Gasteiger partial charge in [-0.25, -0.2) is 0 Å². The Morgan fingerprint density at radius 3 is 2.72 bits per heavy atom. The van der Waals surface area contributed by atoms with Crippen LogP contribution >= 0.6 is 0 Å². The SMILES string of the molecule is CC#CC1(O)CC[C@H]2[C@@H]3CCC4=CC(=O)C(c5cccc(N(C)C)c5)CC4=C3CC[C@@]21C. The Morgan fingerprint density at radius 2 is 1.97 bits per heavy atom. The summed E-state index contributed by atoms with van der Waals surface area (Å²) in [4.78, 5) is 15.2. The van der Waals surface area contributed by atoms with Crippen molar-refractivity contribution in [2.75, 3.05) is 19.0 Å². The minimum Gasteiger partial charge on any atom is -0.378 e. The van der Waals surface area contributed by atoms with Crippen LogP contribution in [0.15, 0.2) is 47.1 Å². The number of carbonyl (C=O) groups excluding carboxylic acids is 1. The molecule has 0 aliphatic heterocycles. The Kier molecular flexibility index (Phi) is 5.13. The monoisotopic (exact) mass is 429 g/mol. The molecule has 0 bridgehead atoms. The van der Waals surface area contributed by atoms with Crippen molar-refractivity contribution in [1.29, 1.82) is 0 Å². The smallest absolute Gasteiger partial charge is 0.163 e. The van der Waals surface area contributed by atoms with E-state index in [-0.39, 0.29) is 17.1 Å². The van der Waals surface area contributed by atoms with E-state index in [2.05, 4.69) is 47.9 Å². The molecule has 2 unspecified atom stereocenters. The maximum absolute atomic E-state index is 13.1. The highest BCUT2D eigenvalue weighted by molar-refractivity contribution is 5.98. The Labute approximate surface area is 192 Å². The summed E-state index contributed by atoms with van der Waals surface area (Å²) in [7, 11) is 4.09. The highest BCUT2D eigenvalue weighted by atomic mass is 16.3. The lowest BCUT2D eigenvalue weighted by molar-refractivity contribution is -0.116. The number of rotatable bonds is 2. The van der Waals surface area contributed by atoms with Crippen molar-refractivity contribution in [2.24, 2.45) is 17.3 Å². The van der Waals surface area contributed by atoms with Gasteiger partial charge in [0.05, 0.1) is 5.92 Å². The molecule has 4 aliphatic rings. The van der Waals surface area contributed by atoms with E-state index >= 15 is 0 Å². The summed E-state index contributed by atoms with van der Waals surface area (Å²) in [6, 6.07) is 8.45. The van der Waals surface area contributed by atoms with E-state index in [9.17, 15) is 9.90 Å². The maximum atomic E-state index is 13.1. The average molecular weight is 430 g/mol. The molecule has 3 heteroatoms. The number of anilines is 1. The fourth-order valence-electron chi connectivity index (χ4n) is 7.27. The van der Waals surface area contributed by atoms with Crippen LogP contribution in [0, 0.1) is 29.1 Å². The number of benzene rings is 1. The zero-order valence-electron chi connectivity index (χ0n) is 19.9. The summed E-state index contributed by atoms with van der Waals surface area (Å²) in [5.41, 5.74) is 5.61. The molecule has 0 aromatic heterocycles. The van der Waals surface area contributed by atoms with E-state index in [1.54, 1.807) is 5.57 Å². The largest absolute Gasteiger partial charge is 0.378 e. The van der Waals surface area contributed by atoms with Crippen molar-refractivity contribution in [2.45, 2.75) is 70.3 Å². The van der Waals surface area contributed by atoms with E-state index in [1.165, 1.54) is 11.1 Å². The van der Waals surface area contributed by atoms with Gasteiger partial charge in [0.15, 0.2) is 5.78 Å². The number of hydrogen-bond acceptors (Lipinski definition) is 3. The molecule has 5 rings (SSSR count). The molecule has 1 N–H and O–H groups in total. The normalized spacial score (nSPS) is 35.8. The van der Waals surface area contributed by atoms with Crippen LogP contribution in [0.2, 0.25) is 0 Å². The molecule has 3 nitrogen and oxygen atoms in total. The third kappa shape index (κ3) is 3.11. The molecular weight excluding hydrogens is 394 g/mol. The van der Waals surface area contributed by atoms with Crippen molar-refractivity contribution in [3.8, 4) is 11.8 Å². The molecule has 5 atom stereocenters. The van der Waals surface area contributed by atoms with Crippen LogP contribution in [0.3, 0.4) is 0 Å². The molecule has 0 radical (unpaired) electrons. The van der Waals surface area contributed by atoms with Crippen molar-refractivity contribution in [1.82, 2.24) is 0 Å². The lowest BCUT2D eigenvalue weighted by atomic mass is 9.55. The van der Waals surface area contributed by atoms with Crippen LogP contribution in [0.5, 0.6) is 0 Å². The molecule has 4 aliphatic carbocycles. The summed E-state index contributed by atoms with van der Waals surface area (Å²) in [5, 5.41) is 11.4. The molecule has 0 spiro atoms. The van der Waals surface area contributed by atoms with E-state index in [1.807, 2.05) is 27.1 Å². The average Bonchev–Trinajstić information content (AvgIpc) is 3.04. The van der Waals surface area contributed by atoms with Gasteiger partial charge in [0.2, 0.25) is 0 Å². The molecule has 2 fully saturated rings. The zero-order chi connectivity index (χ0) is 22.7. The van der Waals surface area contributed by atoms with Crippen molar-refractivity contribution >= 4 is 11.5 Å². The number of fused-ring (bicyclic) bond motifs is 4. The second kappa shape index (κ2) is 7.63. The number of carbonyl (C=O) groups is 1. The van der Waals surface area contributed by atoms with Crippen molar-refractivity contribution < 1.29 is 9.90 Å². The van der Waals surface area contributed by atoms with Crippen LogP contribution in [0.1, 0.15) is 70.3 Å². The van der Waals surface area contributed by atoms with Crippen molar-refractivity contribution in [3.63, 3.8) is 0 Å². The second-order valence-corrected chi connectivity index (χ2v) is 10.8. The minimum absolute atomic E-state index is 0.0836. The molecule has 168 valence electrons. The van der Waals surface area contributed by atoms with E-state index in [0.717, 1.165) is 56.2 Å². The third-order valence-corrected chi connectivity index (χ3v) is 9.12. The number of aliphatic hydroxyl groups is 1. The van der Waals surface area contributed by atoms with E-state index in [0.29, 0.717) is 11.8 Å². The van der Waals surface area contributed by atoms with Gasteiger partial charge in [-0.15, -0.1) is 5.92 Å². The second-order valence-electron chi connectivity index (χ2n) is 10.8. The quantitative estimate of drug-likeness (QED) is 0.640. The van der Waals surface area contributed by atoms with Crippen LogP contribution in [-0.4, -0.2) is 30.6 Å². The van der Waals surface area contributed by atoms with Crippen LogP contribution in [0.4, 0.5) is 5.69 Å². The lowest BCUT2D eigenvalue weighted by Crippen LogP contribution is -2.49. The molecular formula is C29H35NO2. The van der Waals surface area contributed by atoms with Gasteiger partial charge in [0, 0.05) is 25.2 Å². The summed E-state index contributed by atoms with van der Waals surface area (Å²) in [5.74, 6) is 7.38. The molecule has 1 aromatic carbocycles. The first-order chi connectivity index (χ1) is 15.3. The van der Waals surface area contributed by atoms with Gasteiger partial charge in [0.25, 0.3) is 0 Å². The maximum Gasteiger partial charge on any atom is 0.163 e. The highest BCUT2D eigenvalue weighted by Gasteiger charge is 2.60. The molecule has 0 saturated heterocycles. The molecule has 32 heavy (non-hydrogen) atoms. The molecule has 2 saturated carbocycles. The molecule has 0 amide bonds. The number of hydrogen-bond donors (Lipinski definition) is 1. The van der Waals surface area contributed by atoms with E-state index in [4.69, 9.17) is 0 Å². The van der Waals surface area contributed by atoms with Gasteiger partial charge in [0.1, 0.15) is 5.60 Å². The van der Waals surface area contributed by atoms with Gasteiger partial charge in [-0.1, -0.05) is 30.6 Å². The first-order valence-corrected chi connectivity index (χ1v) is 12.2. The van der Waals surface area contributed by atoms with Crippen LogP contribution in [0.25, 0.3) is 0 Å². The predicted molar refractivity (Wildman–Crippen MR) is 129 cm³/mol. The fourth-order valence-corrected chi connectivity index (χ4v) is 7.27. The first-order valence-electron chi connectivity index (χ1n) is 12.2. The molecule has 0 heterocycles. The van der Waals surface area contributed by atoms with Gasteiger partial charge >= 0.3 is 0 Å². The number of nitrogens with zero attached hydrogens (tertiary/aromatic N) is 1. The summed E-state index contributed by atoms with van der Waals surface area (Å²) in [6.45, 7) is 4.12. The number of allylic oxidation sites excluding steroid dienone is 4. The Morgan fingerprint density at radius 1 is 1.16 bits per heavy atom. The Hall–Kier alpha value is -2.31. The predicted octanol–water partition coefficient (Wildman–Crippen LogP) is 5.41. The first kappa shape index (κ1) is 21.5. The standard InChI is InChI=1S/C29H35NO2/c1-5-13-29(32)15-12-26-23-10-9-20-17-27(31)25(19-7-6-8-21(16-19)30(3)4)18-24(20)22(23)11-14-28(26,29)2/h6-8,16-17,23,25-26,32H,9-12,14-15,18H2,1-4H3/t23-,25?,26+,28+,29?/m1/s1.